The van der Waals surface area contributed by atoms with Crippen molar-refractivity contribution in [1.82, 2.24) is 4.90 Å². The number of allylic oxidation sites excluding steroid dienone is 1. The summed E-state index contributed by atoms with van der Waals surface area (Å²) in [5.74, 6) is 0.615. The number of morpholine rings is 1. The summed E-state index contributed by atoms with van der Waals surface area (Å²) in [6.45, 7) is 4.85. The molecule has 1 fully saturated rings. The van der Waals surface area contributed by atoms with Gasteiger partial charge in [-0.1, -0.05) is 12.2 Å². The molecule has 0 radical (unpaired) electrons. The molecule has 4 heteroatoms. The van der Waals surface area contributed by atoms with E-state index in [-0.39, 0.29) is 12.4 Å². The van der Waals surface area contributed by atoms with Crippen molar-refractivity contribution in [3.05, 3.63) is 12.2 Å². The molecule has 0 unspecified atom stereocenters. The van der Waals surface area contributed by atoms with Crippen molar-refractivity contribution in [2.75, 3.05) is 38.7 Å². The topological polar surface area (TPSA) is 12.5 Å². The van der Waals surface area contributed by atoms with Gasteiger partial charge in [0.15, 0.2) is 0 Å². The van der Waals surface area contributed by atoms with Gasteiger partial charge in [-0.15, -0.1) is 24.0 Å². The monoisotopic (exact) mass is 211 g/mol. The third-order valence-electron chi connectivity index (χ3n) is 1.72. The normalized spacial score (nSPS) is 19.4. The summed E-state index contributed by atoms with van der Waals surface area (Å²) >= 11 is 5.49. The third kappa shape index (κ3) is 4.99. The second-order valence-corrected chi connectivity index (χ2v) is 2.85. The zero-order valence-electron chi connectivity index (χ0n) is 7.04. The van der Waals surface area contributed by atoms with E-state index in [9.17, 15) is 0 Å². The second-order valence-electron chi connectivity index (χ2n) is 2.54. The Morgan fingerprint density at radius 2 is 1.92 bits per heavy atom. The first kappa shape index (κ1) is 12.2. The summed E-state index contributed by atoms with van der Waals surface area (Å²) in [5.41, 5.74) is 0. The van der Waals surface area contributed by atoms with E-state index in [1.807, 2.05) is 6.08 Å². The molecule has 0 N–H and O–H groups in total. The van der Waals surface area contributed by atoms with Crippen molar-refractivity contribution in [3.8, 4) is 0 Å². The molecule has 0 saturated carbocycles. The molecule has 1 aliphatic heterocycles. The molecule has 1 aliphatic rings. The summed E-state index contributed by atoms with van der Waals surface area (Å²) < 4.78 is 5.21. The van der Waals surface area contributed by atoms with Gasteiger partial charge in [0.2, 0.25) is 0 Å². The molecule has 12 heavy (non-hydrogen) atoms. The van der Waals surface area contributed by atoms with Crippen molar-refractivity contribution >= 4 is 24.0 Å². The Bertz CT molecular complexity index is 124. The summed E-state index contributed by atoms with van der Waals surface area (Å²) in [4.78, 5) is 2.35. The molecule has 0 aliphatic carbocycles. The van der Waals surface area contributed by atoms with Gasteiger partial charge in [0.05, 0.1) is 13.2 Å². The maximum absolute atomic E-state index is 5.49. The number of ether oxygens (including phenoxy) is 1. The maximum Gasteiger partial charge on any atom is 0.0594 e. The quantitative estimate of drug-likeness (QED) is 0.519. The van der Waals surface area contributed by atoms with Crippen LogP contribution in [0.2, 0.25) is 0 Å². The van der Waals surface area contributed by atoms with Crippen LogP contribution in [-0.4, -0.2) is 43.6 Å². The Morgan fingerprint density at radius 1 is 1.25 bits per heavy atom. The minimum atomic E-state index is 0. The van der Waals surface area contributed by atoms with E-state index < -0.39 is 0 Å². The Balaban J connectivity index is 0.00000121. The zero-order valence-corrected chi connectivity index (χ0v) is 8.61. The van der Waals surface area contributed by atoms with E-state index in [1.54, 1.807) is 0 Å². The van der Waals surface area contributed by atoms with Crippen LogP contribution in [0.15, 0.2) is 12.2 Å². The molecule has 1 saturated heterocycles. The molecular formula is C8H15Cl2NO. The van der Waals surface area contributed by atoms with Gasteiger partial charge < -0.3 is 4.74 Å². The second kappa shape index (κ2) is 7.87. The summed E-state index contributed by atoms with van der Waals surface area (Å²) in [6, 6.07) is 0. The Hall–Kier alpha value is 0.240. The number of halogens is 2. The fourth-order valence-electron chi connectivity index (χ4n) is 1.07. The van der Waals surface area contributed by atoms with Gasteiger partial charge in [-0.2, -0.15) is 0 Å². The minimum absolute atomic E-state index is 0. The van der Waals surface area contributed by atoms with Crippen LogP contribution in [0.1, 0.15) is 0 Å². The molecule has 1 heterocycles. The van der Waals surface area contributed by atoms with Crippen molar-refractivity contribution in [2.24, 2.45) is 0 Å². The van der Waals surface area contributed by atoms with Gasteiger partial charge >= 0.3 is 0 Å². The predicted octanol–water partition coefficient (Wildman–Crippen LogP) is 1.54. The highest BCUT2D eigenvalue weighted by Crippen LogP contribution is 1.96. The summed E-state index contributed by atoms with van der Waals surface area (Å²) in [6.07, 6.45) is 4.09. The maximum atomic E-state index is 5.49. The standard InChI is InChI=1S/C8H14ClNO.ClH/c9-3-1-2-4-10-5-7-11-8-6-10;/h1-2H,3-8H2;1H. The Kier molecular flexibility index (Phi) is 8.02. The van der Waals surface area contributed by atoms with Crippen LogP contribution in [0.4, 0.5) is 0 Å². The van der Waals surface area contributed by atoms with Crippen LogP contribution < -0.4 is 0 Å². The van der Waals surface area contributed by atoms with Crippen molar-refractivity contribution in [3.63, 3.8) is 0 Å². The van der Waals surface area contributed by atoms with Gasteiger partial charge in [-0.3, -0.25) is 4.90 Å². The third-order valence-corrected chi connectivity index (χ3v) is 1.90. The molecule has 0 atom stereocenters. The number of nitrogens with zero attached hydrogens (tertiary/aromatic N) is 1. The van der Waals surface area contributed by atoms with Crippen LogP contribution in [0, 0.1) is 0 Å². The Labute approximate surface area is 84.9 Å². The lowest BCUT2D eigenvalue weighted by Crippen LogP contribution is -2.36. The van der Waals surface area contributed by atoms with E-state index in [2.05, 4.69) is 11.0 Å². The highest BCUT2D eigenvalue weighted by molar-refractivity contribution is 6.18. The highest BCUT2D eigenvalue weighted by atomic mass is 35.5. The number of hydrogen-bond acceptors (Lipinski definition) is 2. The zero-order chi connectivity index (χ0) is 7.94. The first-order valence-electron chi connectivity index (χ1n) is 3.94. The molecule has 0 aromatic rings. The van der Waals surface area contributed by atoms with Crippen molar-refractivity contribution in [2.45, 2.75) is 0 Å². The average molecular weight is 212 g/mol. The smallest absolute Gasteiger partial charge is 0.0594 e. The molecule has 1 rings (SSSR count). The summed E-state index contributed by atoms with van der Waals surface area (Å²) in [7, 11) is 0. The lowest BCUT2D eigenvalue weighted by molar-refractivity contribution is 0.0434. The van der Waals surface area contributed by atoms with Gasteiger partial charge in [0, 0.05) is 25.5 Å². The lowest BCUT2D eigenvalue weighted by Gasteiger charge is -2.24. The number of rotatable bonds is 3. The largest absolute Gasteiger partial charge is 0.379 e. The van der Waals surface area contributed by atoms with Crippen molar-refractivity contribution < 1.29 is 4.74 Å². The fraction of sp³-hybridized carbons (Fsp3) is 0.750. The van der Waals surface area contributed by atoms with Crippen LogP contribution >= 0.6 is 24.0 Å². The Morgan fingerprint density at radius 3 is 2.50 bits per heavy atom. The van der Waals surface area contributed by atoms with Crippen LogP contribution in [0.3, 0.4) is 0 Å². The molecule has 0 bridgehead atoms. The number of hydrogen-bond donors (Lipinski definition) is 0. The van der Waals surface area contributed by atoms with Gasteiger partial charge in [-0.05, 0) is 0 Å². The first-order valence-corrected chi connectivity index (χ1v) is 4.48. The van der Waals surface area contributed by atoms with Gasteiger partial charge in [-0.25, -0.2) is 0 Å². The molecule has 0 aromatic carbocycles. The van der Waals surface area contributed by atoms with Crippen LogP contribution in [-0.2, 0) is 4.74 Å². The van der Waals surface area contributed by atoms with Gasteiger partial charge in [0.1, 0.15) is 0 Å². The molecular weight excluding hydrogens is 197 g/mol. The van der Waals surface area contributed by atoms with E-state index in [0.29, 0.717) is 5.88 Å². The molecule has 72 valence electrons. The fourth-order valence-corrected chi connectivity index (χ4v) is 1.20. The first-order chi connectivity index (χ1) is 5.43. The minimum Gasteiger partial charge on any atom is -0.379 e. The average Bonchev–Trinajstić information content (AvgIpc) is 2.07. The van der Waals surface area contributed by atoms with Gasteiger partial charge in [0.25, 0.3) is 0 Å². The lowest BCUT2D eigenvalue weighted by atomic mass is 10.4. The molecule has 0 aromatic heterocycles. The van der Waals surface area contributed by atoms with Crippen LogP contribution in [0.5, 0.6) is 0 Å². The number of alkyl halides is 1. The van der Waals surface area contributed by atoms with Crippen molar-refractivity contribution in [1.29, 1.82) is 0 Å². The van der Waals surface area contributed by atoms with E-state index >= 15 is 0 Å². The predicted molar refractivity (Wildman–Crippen MR) is 54.4 cm³/mol. The summed E-state index contributed by atoms with van der Waals surface area (Å²) in [5, 5.41) is 0. The van der Waals surface area contributed by atoms with E-state index in [1.165, 1.54) is 0 Å². The molecule has 2 nitrogen and oxygen atoms in total. The van der Waals surface area contributed by atoms with E-state index in [0.717, 1.165) is 32.8 Å². The highest BCUT2D eigenvalue weighted by Gasteiger charge is 2.06. The van der Waals surface area contributed by atoms with E-state index in [4.69, 9.17) is 16.3 Å². The SMILES string of the molecule is Cl.ClCC=CCN1CCOCC1. The molecule has 0 amide bonds. The molecule has 0 spiro atoms. The van der Waals surface area contributed by atoms with Crippen LogP contribution in [0.25, 0.3) is 0 Å².